The first-order valence-electron chi connectivity index (χ1n) is 5.83. The Balaban J connectivity index is 2.18. The van der Waals surface area contributed by atoms with Crippen molar-refractivity contribution in [2.24, 2.45) is 0 Å². The summed E-state index contributed by atoms with van der Waals surface area (Å²) in [5, 5.41) is 2.87. The standard InChI is InChI=1S/C15H13BrClNO/c1-10-3-2-4-13(14(10)16)15(19)18-12-7-5-11(9-17)6-8-12/h2-8H,9H2,1H3,(H,18,19). The van der Waals surface area contributed by atoms with E-state index in [1.54, 1.807) is 6.07 Å². The number of halogens is 2. The van der Waals surface area contributed by atoms with Crippen LogP contribution in [-0.4, -0.2) is 5.91 Å². The second kappa shape index (κ2) is 6.22. The number of aryl methyl sites for hydroxylation is 1. The first-order chi connectivity index (χ1) is 9.11. The van der Waals surface area contributed by atoms with Crippen molar-refractivity contribution in [3.8, 4) is 0 Å². The summed E-state index contributed by atoms with van der Waals surface area (Å²) in [5.41, 5.74) is 3.44. The Morgan fingerprint density at radius 2 is 1.89 bits per heavy atom. The van der Waals surface area contributed by atoms with Crippen molar-refractivity contribution in [1.29, 1.82) is 0 Å². The minimum Gasteiger partial charge on any atom is -0.322 e. The third-order valence-corrected chi connectivity index (χ3v) is 4.16. The third-order valence-electron chi connectivity index (χ3n) is 2.80. The number of benzene rings is 2. The molecule has 0 saturated heterocycles. The van der Waals surface area contributed by atoms with Gasteiger partial charge in [0.15, 0.2) is 0 Å². The van der Waals surface area contributed by atoms with Crippen LogP contribution >= 0.6 is 27.5 Å². The molecule has 0 atom stereocenters. The Hall–Kier alpha value is -1.32. The summed E-state index contributed by atoms with van der Waals surface area (Å²) >= 11 is 9.16. The van der Waals surface area contributed by atoms with Crippen molar-refractivity contribution in [3.63, 3.8) is 0 Å². The number of nitrogens with one attached hydrogen (secondary N) is 1. The van der Waals surface area contributed by atoms with Gasteiger partial charge in [0.1, 0.15) is 0 Å². The van der Waals surface area contributed by atoms with Gasteiger partial charge in [-0.15, -0.1) is 11.6 Å². The first kappa shape index (κ1) is 14.1. The van der Waals surface area contributed by atoms with Gasteiger partial charge < -0.3 is 5.32 Å². The fraction of sp³-hybridized carbons (Fsp3) is 0.133. The minimum absolute atomic E-state index is 0.130. The van der Waals surface area contributed by atoms with Gasteiger partial charge in [0.2, 0.25) is 0 Å². The van der Waals surface area contributed by atoms with Gasteiger partial charge >= 0.3 is 0 Å². The summed E-state index contributed by atoms with van der Waals surface area (Å²) in [6, 6.07) is 13.1. The molecule has 1 amide bonds. The summed E-state index contributed by atoms with van der Waals surface area (Å²) in [5.74, 6) is 0.340. The molecule has 0 aliphatic heterocycles. The van der Waals surface area contributed by atoms with E-state index in [4.69, 9.17) is 11.6 Å². The number of hydrogen-bond acceptors (Lipinski definition) is 1. The lowest BCUT2D eigenvalue weighted by Crippen LogP contribution is -2.12. The Morgan fingerprint density at radius 3 is 2.53 bits per heavy atom. The quantitative estimate of drug-likeness (QED) is 0.804. The van der Waals surface area contributed by atoms with Crippen molar-refractivity contribution in [1.82, 2.24) is 0 Å². The second-order valence-electron chi connectivity index (χ2n) is 4.22. The minimum atomic E-state index is -0.130. The highest BCUT2D eigenvalue weighted by Crippen LogP contribution is 2.22. The molecule has 2 aromatic carbocycles. The average Bonchev–Trinajstić information content (AvgIpc) is 2.42. The summed E-state index contributed by atoms with van der Waals surface area (Å²) in [6.45, 7) is 1.95. The van der Waals surface area contributed by atoms with Crippen molar-refractivity contribution < 1.29 is 4.79 Å². The highest BCUT2D eigenvalue weighted by molar-refractivity contribution is 9.10. The topological polar surface area (TPSA) is 29.1 Å². The van der Waals surface area contributed by atoms with Crippen LogP contribution in [0.4, 0.5) is 5.69 Å². The lowest BCUT2D eigenvalue weighted by Gasteiger charge is -2.08. The highest BCUT2D eigenvalue weighted by atomic mass is 79.9. The fourth-order valence-electron chi connectivity index (χ4n) is 1.70. The molecule has 0 bridgehead atoms. The van der Waals surface area contributed by atoms with Crippen molar-refractivity contribution in [3.05, 3.63) is 63.6 Å². The maximum Gasteiger partial charge on any atom is 0.256 e. The molecule has 0 radical (unpaired) electrons. The molecule has 2 aromatic rings. The van der Waals surface area contributed by atoms with Gasteiger partial charge in [-0.2, -0.15) is 0 Å². The third kappa shape index (κ3) is 3.37. The fourth-order valence-corrected chi connectivity index (χ4v) is 2.32. The van der Waals surface area contributed by atoms with Crippen LogP contribution in [0.25, 0.3) is 0 Å². The average molecular weight is 339 g/mol. The molecule has 1 N–H and O–H groups in total. The second-order valence-corrected chi connectivity index (χ2v) is 5.28. The van der Waals surface area contributed by atoms with Gasteiger partial charge in [0, 0.05) is 16.0 Å². The van der Waals surface area contributed by atoms with Crippen LogP contribution in [0.3, 0.4) is 0 Å². The molecule has 0 heterocycles. The SMILES string of the molecule is Cc1cccc(C(=O)Nc2ccc(CCl)cc2)c1Br. The van der Waals surface area contributed by atoms with Crippen LogP contribution in [0.5, 0.6) is 0 Å². The number of anilines is 1. The van der Waals surface area contributed by atoms with Gasteiger partial charge in [-0.05, 0) is 52.2 Å². The van der Waals surface area contributed by atoms with E-state index < -0.39 is 0 Å². The Kier molecular flexibility index (Phi) is 4.61. The van der Waals surface area contributed by atoms with Crippen molar-refractivity contribution in [2.75, 3.05) is 5.32 Å². The highest BCUT2D eigenvalue weighted by Gasteiger charge is 2.11. The summed E-state index contributed by atoms with van der Waals surface area (Å²) in [6.07, 6.45) is 0. The summed E-state index contributed by atoms with van der Waals surface area (Å²) in [7, 11) is 0. The lowest BCUT2D eigenvalue weighted by molar-refractivity contribution is 0.102. The van der Waals surface area contributed by atoms with E-state index in [2.05, 4.69) is 21.2 Å². The van der Waals surface area contributed by atoms with Gasteiger partial charge in [-0.25, -0.2) is 0 Å². The summed E-state index contributed by atoms with van der Waals surface area (Å²) < 4.78 is 0.824. The lowest BCUT2D eigenvalue weighted by atomic mass is 10.1. The maximum atomic E-state index is 12.2. The molecule has 0 aromatic heterocycles. The normalized spacial score (nSPS) is 10.3. The van der Waals surface area contributed by atoms with Crippen LogP contribution in [-0.2, 0) is 5.88 Å². The number of carbonyl (C=O) groups excluding carboxylic acids is 1. The summed E-state index contributed by atoms with van der Waals surface area (Å²) in [4.78, 5) is 12.2. The van der Waals surface area contributed by atoms with Crippen LogP contribution in [0, 0.1) is 6.92 Å². The number of hydrogen-bond donors (Lipinski definition) is 1. The van der Waals surface area contributed by atoms with E-state index in [0.717, 1.165) is 21.3 Å². The molecule has 0 aliphatic rings. The molecule has 0 saturated carbocycles. The number of carbonyl (C=O) groups is 1. The van der Waals surface area contributed by atoms with E-state index >= 15 is 0 Å². The monoisotopic (exact) mass is 337 g/mol. The van der Waals surface area contributed by atoms with E-state index in [-0.39, 0.29) is 5.91 Å². The van der Waals surface area contributed by atoms with Crippen LogP contribution in [0.15, 0.2) is 46.9 Å². The van der Waals surface area contributed by atoms with Crippen LogP contribution in [0.1, 0.15) is 21.5 Å². The Bertz CT molecular complexity index is 596. The number of rotatable bonds is 3. The molecule has 0 spiro atoms. The molecule has 98 valence electrons. The molecule has 0 unspecified atom stereocenters. The van der Waals surface area contributed by atoms with Crippen LogP contribution < -0.4 is 5.32 Å². The molecule has 0 fully saturated rings. The zero-order valence-corrected chi connectivity index (χ0v) is 12.8. The maximum absolute atomic E-state index is 12.2. The largest absolute Gasteiger partial charge is 0.322 e. The van der Waals surface area contributed by atoms with Crippen LogP contribution in [0.2, 0.25) is 0 Å². The van der Waals surface area contributed by atoms with E-state index in [0.29, 0.717) is 11.4 Å². The molecule has 2 rings (SSSR count). The molecule has 19 heavy (non-hydrogen) atoms. The van der Waals surface area contributed by atoms with Gasteiger partial charge in [-0.3, -0.25) is 4.79 Å². The number of amides is 1. The Morgan fingerprint density at radius 1 is 1.21 bits per heavy atom. The molecule has 2 nitrogen and oxygen atoms in total. The number of alkyl halides is 1. The zero-order valence-electron chi connectivity index (χ0n) is 10.4. The smallest absolute Gasteiger partial charge is 0.256 e. The predicted molar refractivity (Wildman–Crippen MR) is 82.8 cm³/mol. The van der Waals surface area contributed by atoms with E-state index in [9.17, 15) is 4.79 Å². The van der Waals surface area contributed by atoms with Crippen molar-refractivity contribution in [2.45, 2.75) is 12.8 Å². The first-order valence-corrected chi connectivity index (χ1v) is 7.16. The molecular weight excluding hydrogens is 326 g/mol. The molecule has 4 heteroatoms. The van der Waals surface area contributed by atoms with E-state index in [1.165, 1.54) is 0 Å². The predicted octanol–water partition coefficient (Wildman–Crippen LogP) is 4.75. The zero-order chi connectivity index (χ0) is 13.8. The van der Waals surface area contributed by atoms with Gasteiger partial charge in [0.25, 0.3) is 5.91 Å². The van der Waals surface area contributed by atoms with Gasteiger partial charge in [0.05, 0.1) is 5.56 Å². The van der Waals surface area contributed by atoms with Gasteiger partial charge in [-0.1, -0.05) is 24.3 Å². The molecular formula is C15H13BrClNO. The van der Waals surface area contributed by atoms with Crippen molar-refractivity contribution >= 4 is 39.1 Å². The Labute approximate surface area is 125 Å². The van der Waals surface area contributed by atoms with E-state index in [1.807, 2.05) is 43.3 Å². The molecule has 0 aliphatic carbocycles.